The number of carbonyl (C=O) groups is 1. The molecule has 1 aliphatic rings. The standard InChI is InChI=1S/C10H10BrNO2S/c11-6-1-4-9(12-5-6)15-8-3-2-7(8)10(13)14/h1,4-5,7-8H,2-3H2,(H,13,14). The molecule has 3 nitrogen and oxygen atoms in total. The molecule has 2 unspecified atom stereocenters. The number of nitrogens with zero attached hydrogens (tertiary/aromatic N) is 1. The summed E-state index contributed by atoms with van der Waals surface area (Å²) in [5.41, 5.74) is 0. The predicted molar refractivity (Wildman–Crippen MR) is 61.9 cm³/mol. The van der Waals surface area contributed by atoms with E-state index in [2.05, 4.69) is 20.9 Å². The fraction of sp³-hybridized carbons (Fsp3) is 0.400. The molecule has 1 saturated carbocycles. The summed E-state index contributed by atoms with van der Waals surface area (Å²) in [7, 11) is 0. The third-order valence-electron chi connectivity index (χ3n) is 2.50. The van der Waals surface area contributed by atoms with Crippen LogP contribution < -0.4 is 0 Å². The van der Waals surface area contributed by atoms with Crippen molar-refractivity contribution in [2.45, 2.75) is 23.1 Å². The van der Waals surface area contributed by atoms with Gasteiger partial charge in [-0.2, -0.15) is 0 Å². The number of pyridine rings is 1. The minimum Gasteiger partial charge on any atom is -0.481 e. The minimum atomic E-state index is -0.684. The van der Waals surface area contributed by atoms with Crippen molar-refractivity contribution in [1.82, 2.24) is 4.98 Å². The fourth-order valence-corrected chi connectivity index (χ4v) is 2.96. The number of halogens is 1. The molecule has 1 aromatic rings. The number of aliphatic carboxylic acids is 1. The van der Waals surface area contributed by atoms with Crippen LogP contribution in [-0.4, -0.2) is 21.3 Å². The lowest BCUT2D eigenvalue weighted by molar-refractivity contribution is -0.144. The SMILES string of the molecule is O=C(O)C1CCC1Sc1ccc(Br)cn1. The van der Waals surface area contributed by atoms with Crippen molar-refractivity contribution in [2.75, 3.05) is 0 Å². The van der Waals surface area contributed by atoms with Crippen LogP contribution in [0.25, 0.3) is 0 Å². The topological polar surface area (TPSA) is 50.2 Å². The van der Waals surface area contributed by atoms with E-state index in [9.17, 15) is 4.79 Å². The van der Waals surface area contributed by atoms with Crippen LogP contribution in [0, 0.1) is 5.92 Å². The van der Waals surface area contributed by atoms with Gasteiger partial charge in [-0.1, -0.05) is 0 Å². The number of thioether (sulfide) groups is 1. The van der Waals surface area contributed by atoms with E-state index in [0.717, 1.165) is 22.3 Å². The first-order chi connectivity index (χ1) is 7.16. The lowest BCUT2D eigenvalue weighted by Crippen LogP contribution is -2.35. The van der Waals surface area contributed by atoms with Crippen LogP contribution >= 0.6 is 27.7 Å². The second kappa shape index (κ2) is 4.53. The summed E-state index contributed by atoms with van der Waals surface area (Å²) in [5.74, 6) is -0.878. The largest absolute Gasteiger partial charge is 0.481 e. The Morgan fingerprint density at radius 1 is 1.53 bits per heavy atom. The van der Waals surface area contributed by atoms with E-state index >= 15 is 0 Å². The molecular formula is C10H10BrNO2S. The smallest absolute Gasteiger partial charge is 0.307 e. The van der Waals surface area contributed by atoms with Gasteiger partial charge in [0.25, 0.3) is 0 Å². The van der Waals surface area contributed by atoms with Crippen LogP contribution in [0.5, 0.6) is 0 Å². The van der Waals surface area contributed by atoms with Gasteiger partial charge in [0.05, 0.1) is 10.9 Å². The maximum Gasteiger partial charge on any atom is 0.307 e. The molecule has 0 saturated heterocycles. The van der Waals surface area contributed by atoms with Crippen LogP contribution in [0.2, 0.25) is 0 Å². The van der Waals surface area contributed by atoms with Crippen molar-refractivity contribution in [1.29, 1.82) is 0 Å². The van der Waals surface area contributed by atoms with Crippen LogP contribution in [0.4, 0.5) is 0 Å². The van der Waals surface area contributed by atoms with Gasteiger partial charge in [-0.25, -0.2) is 4.98 Å². The molecular weight excluding hydrogens is 278 g/mol. The highest BCUT2D eigenvalue weighted by Crippen LogP contribution is 2.40. The molecule has 1 N–H and O–H groups in total. The zero-order valence-electron chi connectivity index (χ0n) is 7.89. The van der Waals surface area contributed by atoms with Gasteiger partial charge in [-0.05, 0) is 40.9 Å². The minimum absolute atomic E-state index is 0.191. The molecule has 15 heavy (non-hydrogen) atoms. The van der Waals surface area contributed by atoms with E-state index in [4.69, 9.17) is 5.11 Å². The van der Waals surface area contributed by atoms with E-state index in [1.807, 2.05) is 12.1 Å². The van der Waals surface area contributed by atoms with E-state index in [-0.39, 0.29) is 11.2 Å². The number of aromatic nitrogens is 1. The Morgan fingerprint density at radius 3 is 2.80 bits per heavy atom. The van der Waals surface area contributed by atoms with Gasteiger partial charge in [0.15, 0.2) is 0 Å². The van der Waals surface area contributed by atoms with Crippen molar-refractivity contribution < 1.29 is 9.90 Å². The quantitative estimate of drug-likeness (QED) is 0.929. The second-order valence-corrected chi connectivity index (χ2v) is 5.67. The first-order valence-electron chi connectivity index (χ1n) is 4.68. The van der Waals surface area contributed by atoms with Gasteiger partial charge in [0, 0.05) is 15.9 Å². The Labute approximate surface area is 100 Å². The van der Waals surface area contributed by atoms with Gasteiger partial charge < -0.3 is 5.11 Å². The lowest BCUT2D eigenvalue weighted by Gasteiger charge is -2.32. The van der Waals surface area contributed by atoms with Crippen molar-refractivity contribution in [3.63, 3.8) is 0 Å². The molecule has 0 radical (unpaired) electrons. The molecule has 2 rings (SSSR count). The van der Waals surface area contributed by atoms with Gasteiger partial charge in [-0.3, -0.25) is 4.79 Å². The Kier molecular flexibility index (Phi) is 3.31. The first-order valence-corrected chi connectivity index (χ1v) is 6.35. The molecule has 5 heteroatoms. The predicted octanol–water partition coefficient (Wildman–Crippen LogP) is 2.80. The monoisotopic (exact) mass is 287 g/mol. The molecule has 1 heterocycles. The molecule has 0 amide bonds. The van der Waals surface area contributed by atoms with Crippen molar-refractivity contribution in [3.05, 3.63) is 22.8 Å². The highest BCUT2D eigenvalue weighted by atomic mass is 79.9. The second-order valence-electron chi connectivity index (χ2n) is 3.49. The molecule has 2 atom stereocenters. The number of hydrogen-bond acceptors (Lipinski definition) is 3. The highest BCUT2D eigenvalue weighted by Gasteiger charge is 2.37. The van der Waals surface area contributed by atoms with Crippen molar-refractivity contribution in [3.8, 4) is 0 Å². The number of carboxylic acid groups (broad SMARTS) is 1. The molecule has 1 aliphatic carbocycles. The summed E-state index contributed by atoms with van der Waals surface area (Å²) in [6.45, 7) is 0. The molecule has 1 aromatic heterocycles. The molecule has 0 spiro atoms. The summed E-state index contributed by atoms with van der Waals surface area (Å²) in [6, 6.07) is 3.83. The van der Waals surface area contributed by atoms with Crippen molar-refractivity contribution in [2.24, 2.45) is 5.92 Å². The molecule has 0 aromatic carbocycles. The van der Waals surface area contributed by atoms with E-state index in [1.54, 1.807) is 18.0 Å². The van der Waals surface area contributed by atoms with Crippen LogP contribution in [-0.2, 0) is 4.79 Å². The van der Waals surface area contributed by atoms with E-state index in [1.165, 1.54) is 0 Å². The van der Waals surface area contributed by atoms with Gasteiger partial charge in [0.1, 0.15) is 0 Å². The highest BCUT2D eigenvalue weighted by molar-refractivity contribution is 9.10. The fourth-order valence-electron chi connectivity index (χ4n) is 1.48. The van der Waals surface area contributed by atoms with Gasteiger partial charge in [-0.15, -0.1) is 11.8 Å². The van der Waals surface area contributed by atoms with Crippen LogP contribution in [0.3, 0.4) is 0 Å². The Morgan fingerprint density at radius 2 is 2.33 bits per heavy atom. The third kappa shape index (κ3) is 2.52. The summed E-state index contributed by atoms with van der Waals surface area (Å²) in [4.78, 5) is 15.0. The molecule has 1 fully saturated rings. The first kappa shape index (κ1) is 11.0. The summed E-state index contributed by atoms with van der Waals surface area (Å²) in [5, 5.41) is 9.97. The summed E-state index contributed by atoms with van der Waals surface area (Å²) in [6.07, 6.45) is 3.50. The zero-order chi connectivity index (χ0) is 10.8. The lowest BCUT2D eigenvalue weighted by atomic mass is 9.85. The van der Waals surface area contributed by atoms with Crippen LogP contribution in [0.1, 0.15) is 12.8 Å². The number of carboxylic acids is 1. The molecule has 0 bridgehead atoms. The Hall–Kier alpha value is -0.550. The zero-order valence-corrected chi connectivity index (χ0v) is 10.3. The third-order valence-corrected chi connectivity index (χ3v) is 4.32. The molecule has 80 valence electrons. The van der Waals surface area contributed by atoms with E-state index in [0.29, 0.717) is 0 Å². The van der Waals surface area contributed by atoms with Crippen LogP contribution in [0.15, 0.2) is 27.8 Å². The Balaban J connectivity index is 1.97. The van der Waals surface area contributed by atoms with Gasteiger partial charge in [0.2, 0.25) is 0 Å². The average molecular weight is 288 g/mol. The summed E-state index contributed by atoms with van der Waals surface area (Å²) < 4.78 is 0.940. The maximum absolute atomic E-state index is 10.8. The number of rotatable bonds is 3. The van der Waals surface area contributed by atoms with Gasteiger partial charge >= 0.3 is 5.97 Å². The van der Waals surface area contributed by atoms with E-state index < -0.39 is 5.97 Å². The molecule has 0 aliphatic heterocycles. The Bertz CT molecular complexity index is 368. The van der Waals surface area contributed by atoms with Crippen molar-refractivity contribution >= 4 is 33.7 Å². The average Bonchev–Trinajstić information content (AvgIpc) is 2.14. The normalized spacial score (nSPS) is 24.6. The summed E-state index contributed by atoms with van der Waals surface area (Å²) >= 11 is 4.87. The number of hydrogen-bond donors (Lipinski definition) is 1. The maximum atomic E-state index is 10.8.